The predicted octanol–water partition coefficient (Wildman–Crippen LogP) is 3.08. The molecule has 0 N–H and O–H groups in total. The Bertz CT molecular complexity index is 162. The van der Waals surface area contributed by atoms with Crippen LogP contribution in [0.4, 0.5) is 0 Å². The van der Waals surface area contributed by atoms with Crippen LogP contribution < -0.4 is 0 Å². The summed E-state index contributed by atoms with van der Waals surface area (Å²) in [6, 6.07) is 0. The van der Waals surface area contributed by atoms with Crippen LogP contribution in [0.1, 0.15) is 52.9 Å². The Morgan fingerprint density at radius 2 is 1.73 bits per heavy atom. The molecule has 15 heavy (non-hydrogen) atoms. The standard InChI is InChI=1S/C12H24O3/c1-4-9-13-12(14-10-5-2)8-7-11(6-3)15-12/h11H,4-10H2,1-3H3. The Labute approximate surface area is 93.1 Å². The van der Waals surface area contributed by atoms with Crippen molar-refractivity contribution in [3.05, 3.63) is 0 Å². The summed E-state index contributed by atoms with van der Waals surface area (Å²) < 4.78 is 17.3. The van der Waals surface area contributed by atoms with E-state index in [4.69, 9.17) is 14.2 Å². The lowest BCUT2D eigenvalue weighted by Crippen LogP contribution is -2.36. The second kappa shape index (κ2) is 6.46. The van der Waals surface area contributed by atoms with Crippen LogP contribution in [0, 0.1) is 0 Å². The Hall–Kier alpha value is -0.120. The van der Waals surface area contributed by atoms with E-state index in [1.54, 1.807) is 0 Å². The fourth-order valence-electron chi connectivity index (χ4n) is 1.77. The van der Waals surface area contributed by atoms with Crippen molar-refractivity contribution in [2.24, 2.45) is 0 Å². The van der Waals surface area contributed by atoms with Gasteiger partial charge >= 0.3 is 0 Å². The van der Waals surface area contributed by atoms with Crippen molar-refractivity contribution < 1.29 is 14.2 Å². The fourth-order valence-corrected chi connectivity index (χ4v) is 1.77. The lowest BCUT2D eigenvalue weighted by molar-refractivity contribution is -0.370. The fraction of sp³-hybridized carbons (Fsp3) is 1.00. The maximum Gasteiger partial charge on any atom is 0.283 e. The Balaban J connectivity index is 2.45. The molecule has 1 saturated heterocycles. The zero-order valence-electron chi connectivity index (χ0n) is 10.3. The highest BCUT2D eigenvalue weighted by Gasteiger charge is 2.41. The molecule has 3 nitrogen and oxygen atoms in total. The molecule has 0 spiro atoms. The second-order valence-corrected chi connectivity index (χ2v) is 4.07. The van der Waals surface area contributed by atoms with Crippen molar-refractivity contribution in [2.45, 2.75) is 65.0 Å². The van der Waals surface area contributed by atoms with Gasteiger partial charge in [0.05, 0.1) is 19.3 Å². The summed E-state index contributed by atoms with van der Waals surface area (Å²) in [6.07, 6.45) is 5.25. The first kappa shape index (κ1) is 12.9. The molecule has 1 unspecified atom stereocenters. The molecule has 90 valence electrons. The minimum absolute atomic E-state index is 0.304. The minimum atomic E-state index is -0.729. The van der Waals surface area contributed by atoms with Gasteiger partial charge in [-0.3, -0.25) is 0 Å². The van der Waals surface area contributed by atoms with Gasteiger partial charge in [-0.2, -0.15) is 0 Å². The third kappa shape index (κ3) is 3.74. The summed E-state index contributed by atoms with van der Waals surface area (Å²) in [4.78, 5) is 0. The van der Waals surface area contributed by atoms with E-state index < -0.39 is 5.97 Å². The maximum atomic E-state index is 5.86. The Kier molecular flexibility index (Phi) is 5.58. The van der Waals surface area contributed by atoms with Crippen molar-refractivity contribution >= 4 is 0 Å². The van der Waals surface area contributed by atoms with Gasteiger partial charge in [-0.15, -0.1) is 0 Å². The molecule has 1 rings (SSSR count). The SMILES string of the molecule is CCCOC1(OCCC)CCC(CC)O1. The summed E-state index contributed by atoms with van der Waals surface area (Å²) in [5, 5.41) is 0. The van der Waals surface area contributed by atoms with Crippen molar-refractivity contribution in [1.29, 1.82) is 0 Å². The van der Waals surface area contributed by atoms with E-state index in [1.807, 2.05) is 0 Å². The zero-order valence-corrected chi connectivity index (χ0v) is 10.3. The number of ether oxygens (including phenoxy) is 3. The van der Waals surface area contributed by atoms with Crippen LogP contribution in [-0.2, 0) is 14.2 Å². The molecular weight excluding hydrogens is 192 g/mol. The van der Waals surface area contributed by atoms with Crippen LogP contribution in [0.2, 0.25) is 0 Å². The average Bonchev–Trinajstić information content (AvgIpc) is 2.68. The van der Waals surface area contributed by atoms with Crippen LogP contribution in [0.5, 0.6) is 0 Å². The molecule has 0 aliphatic carbocycles. The van der Waals surface area contributed by atoms with Crippen LogP contribution in [0.15, 0.2) is 0 Å². The van der Waals surface area contributed by atoms with Crippen LogP contribution >= 0.6 is 0 Å². The van der Waals surface area contributed by atoms with Crippen molar-refractivity contribution in [1.82, 2.24) is 0 Å². The van der Waals surface area contributed by atoms with E-state index in [9.17, 15) is 0 Å². The third-order valence-corrected chi connectivity index (χ3v) is 2.63. The van der Waals surface area contributed by atoms with E-state index in [0.29, 0.717) is 19.3 Å². The monoisotopic (exact) mass is 216 g/mol. The van der Waals surface area contributed by atoms with E-state index in [0.717, 1.165) is 32.1 Å². The first-order chi connectivity index (χ1) is 7.26. The topological polar surface area (TPSA) is 27.7 Å². The molecule has 1 atom stereocenters. The van der Waals surface area contributed by atoms with Gasteiger partial charge in [-0.05, 0) is 25.7 Å². The van der Waals surface area contributed by atoms with Crippen molar-refractivity contribution in [3.8, 4) is 0 Å². The number of hydrogen-bond donors (Lipinski definition) is 0. The molecule has 0 bridgehead atoms. The van der Waals surface area contributed by atoms with E-state index >= 15 is 0 Å². The van der Waals surface area contributed by atoms with Gasteiger partial charge in [-0.25, -0.2) is 0 Å². The Morgan fingerprint density at radius 1 is 1.13 bits per heavy atom. The zero-order chi connectivity index (χ0) is 11.1. The molecule has 0 amide bonds. The lowest BCUT2D eigenvalue weighted by atomic mass is 10.2. The summed E-state index contributed by atoms with van der Waals surface area (Å²) in [7, 11) is 0. The Morgan fingerprint density at radius 3 is 2.13 bits per heavy atom. The van der Waals surface area contributed by atoms with Gasteiger partial charge in [0.2, 0.25) is 0 Å². The molecule has 0 radical (unpaired) electrons. The van der Waals surface area contributed by atoms with Gasteiger partial charge in [0.1, 0.15) is 0 Å². The summed E-state index contributed by atoms with van der Waals surface area (Å²) in [5.74, 6) is -0.729. The molecule has 3 heteroatoms. The third-order valence-electron chi connectivity index (χ3n) is 2.63. The molecule has 1 aliphatic rings. The maximum absolute atomic E-state index is 5.86. The highest BCUT2D eigenvalue weighted by atomic mass is 16.9. The van der Waals surface area contributed by atoms with Gasteiger partial charge in [-0.1, -0.05) is 20.8 Å². The van der Waals surface area contributed by atoms with Crippen LogP contribution in [0.3, 0.4) is 0 Å². The lowest BCUT2D eigenvalue weighted by Gasteiger charge is -2.29. The van der Waals surface area contributed by atoms with Crippen molar-refractivity contribution in [2.75, 3.05) is 13.2 Å². The first-order valence-corrected chi connectivity index (χ1v) is 6.22. The van der Waals surface area contributed by atoms with Crippen LogP contribution in [-0.4, -0.2) is 25.3 Å². The molecule has 1 aliphatic heterocycles. The minimum Gasteiger partial charge on any atom is -0.327 e. The number of rotatable bonds is 7. The summed E-state index contributed by atoms with van der Waals surface area (Å²) in [6.45, 7) is 7.75. The summed E-state index contributed by atoms with van der Waals surface area (Å²) in [5.41, 5.74) is 0. The van der Waals surface area contributed by atoms with Gasteiger partial charge < -0.3 is 14.2 Å². The highest BCUT2D eigenvalue weighted by molar-refractivity contribution is 4.73. The van der Waals surface area contributed by atoms with Crippen molar-refractivity contribution in [3.63, 3.8) is 0 Å². The molecule has 0 aromatic carbocycles. The van der Waals surface area contributed by atoms with Gasteiger partial charge in [0.15, 0.2) is 0 Å². The first-order valence-electron chi connectivity index (χ1n) is 6.22. The normalized spacial score (nSPS) is 24.6. The second-order valence-electron chi connectivity index (χ2n) is 4.07. The highest BCUT2D eigenvalue weighted by Crippen LogP contribution is 2.34. The quantitative estimate of drug-likeness (QED) is 0.612. The summed E-state index contributed by atoms with van der Waals surface area (Å²) >= 11 is 0. The smallest absolute Gasteiger partial charge is 0.283 e. The van der Waals surface area contributed by atoms with E-state index in [2.05, 4.69) is 20.8 Å². The van der Waals surface area contributed by atoms with E-state index in [-0.39, 0.29) is 0 Å². The molecule has 0 saturated carbocycles. The molecule has 1 heterocycles. The largest absolute Gasteiger partial charge is 0.327 e. The molecule has 1 fully saturated rings. The predicted molar refractivity (Wildman–Crippen MR) is 59.6 cm³/mol. The van der Waals surface area contributed by atoms with Crippen LogP contribution in [0.25, 0.3) is 0 Å². The van der Waals surface area contributed by atoms with E-state index in [1.165, 1.54) is 0 Å². The van der Waals surface area contributed by atoms with Gasteiger partial charge in [0, 0.05) is 6.42 Å². The molecular formula is C12H24O3. The molecule has 0 aromatic heterocycles. The average molecular weight is 216 g/mol. The molecule has 0 aromatic rings. The van der Waals surface area contributed by atoms with Gasteiger partial charge in [0.25, 0.3) is 5.97 Å². The number of hydrogen-bond acceptors (Lipinski definition) is 3.